The van der Waals surface area contributed by atoms with Gasteiger partial charge in [0, 0.05) is 5.56 Å². The normalized spacial score (nSPS) is 10.8. The summed E-state index contributed by atoms with van der Waals surface area (Å²) in [6.07, 6.45) is 1.59. The number of benzene rings is 3. The predicted octanol–water partition coefficient (Wildman–Crippen LogP) is 3.69. The highest BCUT2D eigenvalue weighted by Crippen LogP contribution is 2.26. The first-order chi connectivity index (χ1) is 12.7. The van der Waals surface area contributed by atoms with Crippen LogP contribution >= 0.6 is 0 Å². The van der Waals surface area contributed by atoms with Gasteiger partial charge in [0.15, 0.2) is 6.61 Å². The maximum absolute atomic E-state index is 12.0. The van der Waals surface area contributed by atoms with Crippen LogP contribution in [0.1, 0.15) is 11.1 Å². The van der Waals surface area contributed by atoms with Gasteiger partial charge in [-0.3, -0.25) is 4.79 Å². The Bertz CT molecular complexity index is 951. The zero-order valence-corrected chi connectivity index (χ0v) is 14.7. The highest BCUT2D eigenvalue weighted by Gasteiger charge is 2.07. The molecule has 132 valence electrons. The van der Waals surface area contributed by atoms with E-state index < -0.39 is 0 Å². The highest BCUT2D eigenvalue weighted by molar-refractivity contribution is 6.02. The minimum Gasteiger partial charge on any atom is -0.496 e. The SMILES string of the molecule is COc1ccc2ccccc2c1C=NNC(=O)COc1ccccc1C. The van der Waals surface area contributed by atoms with Crippen molar-refractivity contribution >= 4 is 22.9 Å². The molecule has 3 rings (SSSR count). The van der Waals surface area contributed by atoms with E-state index in [-0.39, 0.29) is 12.5 Å². The molecule has 0 aliphatic rings. The summed E-state index contributed by atoms with van der Waals surface area (Å²) < 4.78 is 10.9. The van der Waals surface area contributed by atoms with Gasteiger partial charge in [0.05, 0.1) is 13.3 Å². The number of rotatable bonds is 6. The Kier molecular flexibility index (Phi) is 5.49. The van der Waals surface area contributed by atoms with E-state index in [4.69, 9.17) is 9.47 Å². The summed E-state index contributed by atoms with van der Waals surface area (Å²) in [6.45, 7) is 1.83. The number of methoxy groups -OCH3 is 1. The quantitative estimate of drug-likeness (QED) is 0.546. The van der Waals surface area contributed by atoms with Crippen molar-refractivity contribution in [2.24, 2.45) is 5.10 Å². The molecule has 0 aliphatic heterocycles. The third kappa shape index (κ3) is 4.00. The van der Waals surface area contributed by atoms with E-state index in [9.17, 15) is 4.79 Å². The van der Waals surface area contributed by atoms with Gasteiger partial charge in [0.1, 0.15) is 11.5 Å². The first-order valence-corrected chi connectivity index (χ1v) is 8.25. The van der Waals surface area contributed by atoms with Crippen LogP contribution < -0.4 is 14.9 Å². The number of carbonyl (C=O) groups excluding carboxylic acids is 1. The number of aryl methyl sites for hydroxylation is 1. The summed E-state index contributed by atoms with van der Waals surface area (Å²) in [4.78, 5) is 12.0. The smallest absolute Gasteiger partial charge is 0.277 e. The summed E-state index contributed by atoms with van der Waals surface area (Å²) in [7, 11) is 1.61. The molecule has 0 aromatic heterocycles. The number of para-hydroxylation sites is 1. The van der Waals surface area contributed by atoms with Crippen molar-refractivity contribution in [1.29, 1.82) is 0 Å². The van der Waals surface area contributed by atoms with Crippen molar-refractivity contribution in [2.75, 3.05) is 13.7 Å². The number of ether oxygens (including phenoxy) is 2. The van der Waals surface area contributed by atoms with Crippen LogP contribution in [0.2, 0.25) is 0 Å². The Balaban J connectivity index is 1.68. The first-order valence-electron chi connectivity index (χ1n) is 8.25. The Hall–Kier alpha value is -3.34. The molecule has 5 nitrogen and oxygen atoms in total. The van der Waals surface area contributed by atoms with E-state index in [0.29, 0.717) is 11.5 Å². The van der Waals surface area contributed by atoms with Crippen LogP contribution in [0.3, 0.4) is 0 Å². The van der Waals surface area contributed by atoms with Gasteiger partial charge in [0.2, 0.25) is 0 Å². The largest absolute Gasteiger partial charge is 0.496 e. The highest BCUT2D eigenvalue weighted by atomic mass is 16.5. The zero-order valence-electron chi connectivity index (χ0n) is 14.7. The number of hydrogen-bond donors (Lipinski definition) is 1. The van der Waals surface area contributed by atoms with E-state index >= 15 is 0 Å². The molecule has 0 radical (unpaired) electrons. The summed E-state index contributed by atoms with van der Waals surface area (Å²) in [5, 5.41) is 6.12. The predicted molar refractivity (Wildman–Crippen MR) is 103 cm³/mol. The fourth-order valence-corrected chi connectivity index (χ4v) is 2.65. The molecule has 0 saturated carbocycles. The third-order valence-corrected chi connectivity index (χ3v) is 3.99. The average Bonchev–Trinajstić information content (AvgIpc) is 2.67. The van der Waals surface area contributed by atoms with Gasteiger partial charge in [-0.05, 0) is 35.4 Å². The van der Waals surface area contributed by atoms with E-state index in [0.717, 1.165) is 21.9 Å². The standard InChI is InChI=1S/C21H20N2O3/c1-15-7-3-6-10-19(15)26-14-21(24)23-22-13-18-17-9-5-4-8-16(17)11-12-20(18)25-2/h3-13H,14H2,1-2H3,(H,23,24). The van der Waals surface area contributed by atoms with E-state index in [1.54, 1.807) is 13.3 Å². The molecule has 0 saturated heterocycles. The summed E-state index contributed by atoms with van der Waals surface area (Å²) in [5.41, 5.74) is 4.27. The maximum atomic E-state index is 12.0. The van der Waals surface area contributed by atoms with Crippen LogP contribution in [0.4, 0.5) is 0 Å². The summed E-state index contributed by atoms with van der Waals surface area (Å²) >= 11 is 0. The van der Waals surface area contributed by atoms with Crippen molar-refractivity contribution in [1.82, 2.24) is 5.43 Å². The number of nitrogens with zero attached hydrogens (tertiary/aromatic N) is 1. The summed E-state index contributed by atoms with van der Waals surface area (Å²) in [5.74, 6) is 1.05. The number of carbonyl (C=O) groups is 1. The van der Waals surface area contributed by atoms with Gasteiger partial charge in [-0.1, -0.05) is 48.5 Å². The van der Waals surface area contributed by atoms with Crippen molar-refractivity contribution in [2.45, 2.75) is 6.92 Å². The molecule has 0 aliphatic carbocycles. The lowest BCUT2D eigenvalue weighted by Crippen LogP contribution is -2.24. The molecular formula is C21H20N2O3. The maximum Gasteiger partial charge on any atom is 0.277 e. The van der Waals surface area contributed by atoms with Crippen LogP contribution in [0.5, 0.6) is 11.5 Å². The van der Waals surface area contributed by atoms with Crippen molar-refractivity contribution in [3.8, 4) is 11.5 Å². The summed E-state index contributed by atoms with van der Waals surface area (Å²) in [6, 6.07) is 19.3. The number of fused-ring (bicyclic) bond motifs is 1. The van der Waals surface area contributed by atoms with Crippen molar-refractivity contribution in [3.63, 3.8) is 0 Å². The molecule has 26 heavy (non-hydrogen) atoms. The van der Waals surface area contributed by atoms with Gasteiger partial charge < -0.3 is 9.47 Å². The molecule has 1 amide bonds. The number of hydrogen-bond acceptors (Lipinski definition) is 4. The van der Waals surface area contributed by atoms with Gasteiger partial charge in [0.25, 0.3) is 5.91 Å². The molecular weight excluding hydrogens is 328 g/mol. The Morgan fingerprint density at radius 2 is 1.81 bits per heavy atom. The molecule has 0 bridgehead atoms. The monoisotopic (exact) mass is 348 g/mol. The molecule has 1 N–H and O–H groups in total. The molecule has 0 atom stereocenters. The molecule has 5 heteroatoms. The minimum absolute atomic E-state index is 0.102. The molecule has 3 aromatic carbocycles. The van der Waals surface area contributed by atoms with Gasteiger partial charge in [-0.25, -0.2) is 5.43 Å². The number of nitrogens with one attached hydrogen (secondary N) is 1. The second-order valence-electron chi connectivity index (χ2n) is 5.75. The van der Waals surface area contributed by atoms with E-state index in [2.05, 4.69) is 10.5 Å². The molecule has 0 unspecified atom stereocenters. The Morgan fingerprint density at radius 3 is 2.62 bits per heavy atom. The lowest BCUT2D eigenvalue weighted by molar-refractivity contribution is -0.123. The topological polar surface area (TPSA) is 59.9 Å². The number of amides is 1. The van der Waals surface area contributed by atoms with Crippen LogP contribution in [-0.2, 0) is 4.79 Å². The Morgan fingerprint density at radius 1 is 1.04 bits per heavy atom. The van der Waals surface area contributed by atoms with Crippen LogP contribution in [0, 0.1) is 6.92 Å². The van der Waals surface area contributed by atoms with E-state index in [1.807, 2.05) is 67.6 Å². The first kappa shape index (κ1) is 17.5. The molecule has 0 spiro atoms. The van der Waals surface area contributed by atoms with Crippen molar-refractivity contribution in [3.05, 3.63) is 71.8 Å². The lowest BCUT2D eigenvalue weighted by Gasteiger charge is -2.09. The second-order valence-corrected chi connectivity index (χ2v) is 5.75. The minimum atomic E-state index is -0.330. The zero-order chi connectivity index (χ0) is 18.4. The van der Waals surface area contributed by atoms with Gasteiger partial charge in [-0.2, -0.15) is 5.10 Å². The lowest BCUT2D eigenvalue weighted by atomic mass is 10.0. The van der Waals surface area contributed by atoms with Crippen LogP contribution in [-0.4, -0.2) is 25.8 Å². The van der Waals surface area contributed by atoms with Crippen molar-refractivity contribution < 1.29 is 14.3 Å². The molecule has 0 fully saturated rings. The second kappa shape index (κ2) is 8.16. The van der Waals surface area contributed by atoms with Gasteiger partial charge >= 0.3 is 0 Å². The van der Waals surface area contributed by atoms with Gasteiger partial charge in [-0.15, -0.1) is 0 Å². The molecule has 3 aromatic rings. The molecule has 0 heterocycles. The van der Waals surface area contributed by atoms with E-state index in [1.165, 1.54) is 0 Å². The fourth-order valence-electron chi connectivity index (χ4n) is 2.65. The Labute approximate surface area is 152 Å². The third-order valence-electron chi connectivity index (χ3n) is 3.99. The fraction of sp³-hybridized carbons (Fsp3) is 0.143. The van der Waals surface area contributed by atoms with Crippen LogP contribution in [0.25, 0.3) is 10.8 Å². The van der Waals surface area contributed by atoms with Crippen LogP contribution in [0.15, 0.2) is 65.8 Å². The average molecular weight is 348 g/mol. The number of hydrazone groups is 1.